The molecule has 6 rings (SSSR count). The Morgan fingerprint density at radius 1 is 1.23 bits per heavy atom. The third-order valence-electron chi connectivity index (χ3n) is 5.14. The quantitative estimate of drug-likeness (QED) is 0.438. The number of imidazole rings is 1. The Labute approximate surface area is 175 Å². The second kappa shape index (κ2) is 6.39. The van der Waals surface area contributed by atoms with E-state index in [2.05, 4.69) is 25.3 Å². The minimum absolute atomic E-state index is 0.407. The highest BCUT2D eigenvalue weighted by molar-refractivity contribution is 6.31. The molecule has 0 aliphatic carbocycles. The lowest BCUT2D eigenvalue weighted by molar-refractivity contribution is 0.366. The first-order valence-electron chi connectivity index (χ1n) is 9.35. The monoisotopic (exact) mass is 418 g/mol. The summed E-state index contributed by atoms with van der Waals surface area (Å²) in [7, 11) is 1.91. The predicted molar refractivity (Wildman–Crippen MR) is 108 cm³/mol. The summed E-state index contributed by atoms with van der Waals surface area (Å²) >= 11 is 6.29. The van der Waals surface area contributed by atoms with Crippen molar-refractivity contribution in [2.45, 2.75) is 13.0 Å². The van der Waals surface area contributed by atoms with Crippen molar-refractivity contribution in [3.63, 3.8) is 0 Å². The maximum atomic E-state index is 6.29. The third kappa shape index (κ3) is 2.66. The molecule has 30 heavy (non-hydrogen) atoms. The van der Waals surface area contributed by atoms with Crippen LogP contribution in [0.5, 0.6) is 0 Å². The predicted octanol–water partition coefficient (Wildman–Crippen LogP) is 3.13. The number of nitrogens with zero attached hydrogens (tertiary/aromatic N) is 8. The summed E-state index contributed by atoms with van der Waals surface area (Å²) in [5.41, 5.74) is 5.58. The molecule has 0 saturated heterocycles. The number of rotatable bonds is 3. The van der Waals surface area contributed by atoms with Crippen LogP contribution < -0.4 is 0 Å². The Bertz CT molecular complexity index is 1380. The van der Waals surface area contributed by atoms with Gasteiger partial charge in [-0.05, 0) is 24.3 Å². The molecule has 10 heteroatoms. The van der Waals surface area contributed by atoms with Gasteiger partial charge in [-0.25, -0.2) is 4.98 Å². The van der Waals surface area contributed by atoms with Crippen LogP contribution in [0.25, 0.3) is 28.5 Å². The Morgan fingerprint density at radius 3 is 3.03 bits per heavy atom. The van der Waals surface area contributed by atoms with Gasteiger partial charge in [0, 0.05) is 48.2 Å². The largest absolute Gasteiger partial charge is 0.337 e. The second-order valence-corrected chi connectivity index (χ2v) is 7.58. The van der Waals surface area contributed by atoms with Crippen LogP contribution in [0.2, 0.25) is 5.02 Å². The fourth-order valence-electron chi connectivity index (χ4n) is 3.87. The lowest BCUT2D eigenvalue weighted by Gasteiger charge is -2.09. The Kier molecular flexibility index (Phi) is 3.66. The van der Waals surface area contributed by atoms with Gasteiger partial charge in [0.15, 0.2) is 0 Å². The van der Waals surface area contributed by atoms with Gasteiger partial charge >= 0.3 is 0 Å². The van der Waals surface area contributed by atoms with E-state index in [1.807, 2.05) is 53.0 Å². The van der Waals surface area contributed by atoms with Gasteiger partial charge in [-0.3, -0.25) is 9.36 Å². The second-order valence-electron chi connectivity index (χ2n) is 7.14. The Hall–Kier alpha value is -3.72. The van der Waals surface area contributed by atoms with Crippen LogP contribution in [0.4, 0.5) is 0 Å². The average Bonchev–Trinajstić information content (AvgIpc) is 3.50. The molecular formula is C20H15ClN8O. The first-order chi connectivity index (χ1) is 14.7. The fraction of sp³-hybridized carbons (Fsp3) is 0.150. The van der Waals surface area contributed by atoms with Crippen molar-refractivity contribution in [2.24, 2.45) is 7.05 Å². The smallest absolute Gasteiger partial charge is 0.248 e. The highest BCUT2D eigenvalue weighted by Crippen LogP contribution is 2.38. The molecule has 5 aromatic rings. The van der Waals surface area contributed by atoms with E-state index in [0.717, 1.165) is 28.2 Å². The molecule has 0 fully saturated rings. The SMILES string of the molecule is Cn1cc2c(n1)-c1cc(Cl)ccc1-n1cnc(-c3noc(Cn4cccn4)n3)c1C2. The molecule has 0 spiro atoms. The van der Waals surface area contributed by atoms with Gasteiger partial charge in [0.05, 0.1) is 17.1 Å². The van der Waals surface area contributed by atoms with Crippen molar-refractivity contribution >= 4 is 11.6 Å². The van der Waals surface area contributed by atoms with Gasteiger partial charge in [0.25, 0.3) is 0 Å². The van der Waals surface area contributed by atoms with Crippen LogP contribution >= 0.6 is 11.6 Å². The van der Waals surface area contributed by atoms with Crippen molar-refractivity contribution in [1.29, 1.82) is 0 Å². The zero-order valence-electron chi connectivity index (χ0n) is 15.9. The van der Waals surface area contributed by atoms with Crippen LogP contribution in [-0.4, -0.2) is 39.3 Å². The Balaban J connectivity index is 1.48. The first-order valence-corrected chi connectivity index (χ1v) is 9.73. The van der Waals surface area contributed by atoms with E-state index in [1.165, 1.54) is 0 Å². The summed E-state index contributed by atoms with van der Waals surface area (Å²) < 4.78 is 11.0. The molecule has 0 bridgehead atoms. The summed E-state index contributed by atoms with van der Waals surface area (Å²) in [6, 6.07) is 7.64. The topological polar surface area (TPSA) is 92.4 Å². The number of benzene rings is 1. The van der Waals surface area contributed by atoms with E-state index in [9.17, 15) is 0 Å². The molecule has 0 atom stereocenters. The molecular weight excluding hydrogens is 404 g/mol. The molecule has 0 N–H and O–H groups in total. The number of aromatic nitrogens is 8. The van der Waals surface area contributed by atoms with Crippen molar-refractivity contribution < 1.29 is 4.52 Å². The lowest BCUT2D eigenvalue weighted by atomic mass is 10.0. The molecule has 1 aliphatic heterocycles. The number of aryl methyl sites for hydroxylation is 1. The summed E-state index contributed by atoms with van der Waals surface area (Å²) in [4.78, 5) is 9.16. The standard InChI is InChI=1S/C20H15ClN8O/c1-27-9-12-7-16-19(20-24-17(30-26-20)10-28-6-2-5-23-28)22-11-29(16)15-4-3-13(21)8-14(15)18(12)25-27/h2-6,8-9,11H,7,10H2,1H3. The number of hydrogen-bond donors (Lipinski definition) is 0. The van der Waals surface area contributed by atoms with E-state index in [-0.39, 0.29) is 0 Å². The average molecular weight is 419 g/mol. The van der Waals surface area contributed by atoms with E-state index < -0.39 is 0 Å². The molecule has 0 saturated carbocycles. The third-order valence-corrected chi connectivity index (χ3v) is 5.37. The van der Waals surface area contributed by atoms with Gasteiger partial charge in [-0.15, -0.1) is 0 Å². The van der Waals surface area contributed by atoms with Crippen molar-refractivity contribution in [3.8, 4) is 28.5 Å². The molecule has 0 amide bonds. The van der Waals surface area contributed by atoms with Crippen molar-refractivity contribution in [1.82, 2.24) is 39.3 Å². The van der Waals surface area contributed by atoms with Gasteiger partial charge < -0.3 is 9.09 Å². The molecule has 1 aromatic carbocycles. The van der Waals surface area contributed by atoms with Crippen molar-refractivity contribution in [2.75, 3.05) is 0 Å². The van der Waals surface area contributed by atoms with Gasteiger partial charge in [0.1, 0.15) is 18.6 Å². The highest BCUT2D eigenvalue weighted by atomic mass is 35.5. The van der Waals surface area contributed by atoms with Crippen LogP contribution in [0.1, 0.15) is 17.1 Å². The molecule has 0 unspecified atom stereocenters. The maximum absolute atomic E-state index is 6.29. The van der Waals surface area contributed by atoms with Gasteiger partial charge in [-0.1, -0.05) is 16.8 Å². The molecule has 1 aliphatic rings. The molecule has 148 valence electrons. The Morgan fingerprint density at radius 2 is 2.17 bits per heavy atom. The first kappa shape index (κ1) is 17.2. The van der Waals surface area contributed by atoms with Crippen LogP contribution in [-0.2, 0) is 20.0 Å². The number of hydrogen-bond acceptors (Lipinski definition) is 6. The van der Waals surface area contributed by atoms with E-state index >= 15 is 0 Å². The van der Waals surface area contributed by atoms with Crippen LogP contribution in [0, 0.1) is 0 Å². The van der Waals surface area contributed by atoms with E-state index in [1.54, 1.807) is 17.2 Å². The normalized spacial score (nSPS) is 12.3. The summed E-state index contributed by atoms with van der Waals surface area (Å²) in [6.45, 7) is 0.407. The summed E-state index contributed by atoms with van der Waals surface area (Å²) in [5, 5.41) is 13.7. The van der Waals surface area contributed by atoms with E-state index in [0.29, 0.717) is 35.4 Å². The van der Waals surface area contributed by atoms with Crippen LogP contribution in [0.15, 0.2) is 53.7 Å². The molecule has 4 aromatic heterocycles. The zero-order chi connectivity index (χ0) is 20.2. The number of halogens is 1. The summed E-state index contributed by atoms with van der Waals surface area (Å²) in [6.07, 6.45) is 7.99. The van der Waals surface area contributed by atoms with Gasteiger partial charge in [-0.2, -0.15) is 15.2 Å². The van der Waals surface area contributed by atoms with Gasteiger partial charge in [0.2, 0.25) is 11.7 Å². The molecule has 0 radical (unpaired) electrons. The van der Waals surface area contributed by atoms with Crippen molar-refractivity contribution in [3.05, 3.63) is 71.4 Å². The number of fused-ring (bicyclic) bond motifs is 5. The molecule has 5 heterocycles. The maximum Gasteiger partial charge on any atom is 0.248 e. The summed E-state index contributed by atoms with van der Waals surface area (Å²) in [5.74, 6) is 0.923. The highest BCUT2D eigenvalue weighted by Gasteiger charge is 2.27. The van der Waals surface area contributed by atoms with Crippen LogP contribution in [0.3, 0.4) is 0 Å². The fourth-order valence-corrected chi connectivity index (χ4v) is 4.04. The minimum atomic E-state index is 0.407. The minimum Gasteiger partial charge on any atom is -0.337 e. The zero-order valence-corrected chi connectivity index (χ0v) is 16.7. The van der Waals surface area contributed by atoms with E-state index in [4.69, 9.17) is 16.1 Å². The lowest BCUT2D eigenvalue weighted by Crippen LogP contribution is -2.01. The molecule has 9 nitrogen and oxygen atoms in total.